The summed E-state index contributed by atoms with van der Waals surface area (Å²) in [5.74, 6) is -0.651. The Morgan fingerprint density at radius 1 is 1.42 bits per heavy atom. The van der Waals surface area contributed by atoms with E-state index in [1.54, 1.807) is 6.07 Å². The van der Waals surface area contributed by atoms with Gasteiger partial charge in [-0.1, -0.05) is 12.1 Å². The van der Waals surface area contributed by atoms with Crippen molar-refractivity contribution in [1.29, 1.82) is 0 Å². The molecule has 0 saturated heterocycles. The Morgan fingerprint density at radius 3 is 3.08 bits per heavy atom. The molecular formula is C18H18FNO3S. The Labute approximate surface area is 143 Å². The second-order valence-electron chi connectivity index (χ2n) is 6.28. The summed E-state index contributed by atoms with van der Waals surface area (Å²) in [7, 11) is 0. The number of benzene rings is 1. The molecule has 1 atom stereocenters. The third-order valence-electron chi connectivity index (χ3n) is 4.63. The molecule has 0 saturated carbocycles. The molecule has 1 aromatic heterocycles. The number of fused-ring (bicyclic) bond motifs is 2. The van der Waals surface area contributed by atoms with E-state index in [0.717, 1.165) is 17.5 Å². The number of carbonyl (C=O) groups excluding carboxylic acids is 1. The zero-order valence-corrected chi connectivity index (χ0v) is 13.9. The summed E-state index contributed by atoms with van der Waals surface area (Å²) in [6.45, 7) is 1.52. The molecule has 0 radical (unpaired) electrons. The zero-order valence-electron chi connectivity index (χ0n) is 13.1. The summed E-state index contributed by atoms with van der Waals surface area (Å²) in [4.78, 5) is 16.3. The lowest BCUT2D eigenvalue weighted by Gasteiger charge is -2.33. The number of rotatable bonds is 2. The first-order valence-electron chi connectivity index (χ1n) is 8.07. The van der Waals surface area contributed by atoms with Crippen molar-refractivity contribution in [3.8, 4) is 0 Å². The minimum absolute atomic E-state index is 0.0193. The summed E-state index contributed by atoms with van der Waals surface area (Å²) in [5, 5.41) is 9.54. The lowest BCUT2D eigenvalue weighted by atomic mass is 9.92. The fraction of sp³-hybridized carbons (Fsp3) is 0.389. The van der Waals surface area contributed by atoms with Gasteiger partial charge in [-0.25, -0.2) is 4.39 Å². The first-order valence-corrected chi connectivity index (χ1v) is 8.88. The summed E-state index contributed by atoms with van der Waals surface area (Å²) >= 11 is 1.47. The minimum atomic E-state index is -0.387. The van der Waals surface area contributed by atoms with Gasteiger partial charge < -0.3 is 14.7 Å². The number of ether oxygens (including phenoxy) is 1. The highest BCUT2D eigenvalue weighted by atomic mass is 32.1. The molecule has 0 bridgehead atoms. The summed E-state index contributed by atoms with van der Waals surface area (Å²) in [5.41, 5.74) is 2.19. The average molecular weight is 347 g/mol. The number of hydrogen-bond acceptors (Lipinski definition) is 4. The topological polar surface area (TPSA) is 49.8 Å². The molecule has 2 aliphatic rings. The average Bonchev–Trinajstić information content (AvgIpc) is 3.04. The number of nitrogens with zero attached hydrogens (tertiary/aromatic N) is 1. The molecule has 1 N–H and O–H groups in total. The van der Waals surface area contributed by atoms with Gasteiger partial charge in [0.2, 0.25) is 0 Å². The molecule has 126 valence electrons. The molecular weight excluding hydrogens is 329 g/mol. The molecule has 0 aliphatic carbocycles. The highest BCUT2D eigenvalue weighted by molar-refractivity contribution is 7.14. The SMILES string of the molecule is O=C(c1cc2c(s1)CCOC2)N1CC(CO)Cc2cccc(F)c21. The van der Waals surface area contributed by atoms with E-state index in [9.17, 15) is 14.3 Å². The monoisotopic (exact) mass is 347 g/mol. The van der Waals surface area contributed by atoms with Crippen LogP contribution in [0, 0.1) is 11.7 Å². The molecule has 0 fully saturated rings. The van der Waals surface area contributed by atoms with Crippen molar-refractivity contribution < 1.29 is 19.0 Å². The molecule has 4 nitrogen and oxygen atoms in total. The molecule has 6 heteroatoms. The Hall–Kier alpha value is -1.76. The smallest absolute Gasteiger partial charge is 0.268 e. The summed E-state index contributed by atoms with van der Waals surface area (Å²) in [6, 6.07) is 6.72. The lowest BCUT2D eigenvalue weighted by Crippen LogP contribution is -2.41. The van der Waals surface area contributed by atoms with Crippen LogP contribution in [0.1, 0.15) is 25.7 Å². The summed E-state index contributed by atoms with van der Waals surface area (Å²) < 4.78 is 19.8. The van der Waals surface area contributed by atoms with E-state index in [1.807, 2.05) is 12.1 Å². The highest BCUT2D eigenvalue weighted by Gasteiger charge is 2.32. The normalized spacial score (nSPS) is 19.8. The van der Waals surface area contributed by atoms with Gasteiger partial charge in [0, 0.05) is 30.4 Å². The maximum absolute atomic E-state index is 14.4. The van der Waals surface area contributed by atoms with Crippen LogP contribution in [0.3, 0.4) is 0 Å². The molecule has 24 heavy (non-hydrogen) atoms. The predicted octanol–water partition coefficient (Wildman–Crippen LogP) is 2.77. The van der Waals surface area contributed by atoms with Crippen LogP contribution in [0.5, 0.6) is 0 Å². The number of aliphatic hydroxyl groups is 1. The number of hydrogen-bond donors (Lipinski definition) is 1. The van der Waals surface area contributed by atoms with Crippen molar-refractivity contribution in [2.24, 2.45) is 5.92 Å². The van der Waals surface area contributed by atoms with Crippen molar-refractivity contribution in [2.75, 3.05) is 24.7 Å². The van der Waals surface area contributed by atoms with Gasteiger partial charge in [0.25, 0.3) is 5.91 Å². The van der Waals surface area contributed by atoms with Gasteiger partial charge in [0.15, 0.2) is 0 Å². The minimum Gasteiger partial charge on any atom is -0.396 e. The van der Waals surface area contributed by atoms with Gasteiger partial charge in [-0.15, -0.1) is 11.3 Å². The zero-order chi connectivity index (χ0) is 16.7. The van der Waals surface area contributed by atoms with Gasteiger partial charge in [0.1, 0.15) is 5.82 Å². The Kier molecular flexibility index (Phi) is 4.12. The Morgan fingerprint density at radius 2 is 2.29 bits per heavy atom. The van der Waals surface area contributed by atoms with E-state index in [0.29, 0.717) is 36.7 Å². The van der Waals surface area contributed by atoms with Crippen LogP contribution in [0.2, 0.25) is 0 Å². The second kappa shape index (κ2) is 6.27. The number of para-hydroxylation sites is 1. The van der Waals surface area contributed by atoms with Gasteiger partial charge in [0.05, 0.1) is 23.8 Å². The standard InChI is InChI=1S/C18H18FNO3S/c19-14-3-1-2-12-6-11(9-21)8-20(17(12)14)18(22)16-7-13-10-23-5-4-15(13)24-16/h1-3,7,11,21H,4-6,8-10H2. The maximum Gasteiger partial charge on any atom is 0.268 e. The molecule has 1 amide bonds. The largest absolute Gasteiger partial charge is 0.396 e. The second-order valence-corrected chi connectivity index (χ2v) is 7.41. The fourth-order valence-corrected chi connectivity index (χ4v) is 4.54. The molecule has 1 aromatic carbocycles. The Bertz CT molecular complexity index is 765. The van der Waals surface area contributed by atoms with Gasteiger partial charge >= 0.3 is 0 Å². The predicted molar refractivity (Wildman–Crippen MR) is 90.0 cm³/mol. The number of thiophene rings is 1. The number of halogens is 1. The first-order chi connectivity index (χ1) is 11.7. The molecule has 2 aromatic rings. The quantitative estimate of drug-likeness (QED) is 0.909. The van der Waals surface area contributed by atoms with Crippen molar-refractivity contribution in [1.82, 2.24) is 0 Å². The van der Waals surface area contributed by atoms with Crippen molar-refractivity contribution in [3.05, 3.63) is 51.0 Å². The van der Waals surface area contributed by atoms with Crippen LogP contribution >= 0.6 is 11.3 Å². The van der Waals surface area contributed by atoms with E-state index in [1.165, 1.54) is 27.2 Å². The molecule has 1 unspecified atom stereocenters. The lowest BCUT2D eigenvalue weighted by molar-refractivity contribution is 0.0976. The van der Waals surface area contributed by atoms with E-state index in [2.05, 4.69) is 0 Å². The molecule has 2 aliphatic heterocycles. The maximum atomic E-state index is 14.4. The van der Waals surface area contributed by atoms with Crippen LogP contribution in [0.4, 0.5) is 10.1 Å². The molecule has 3 heterocycles. The van der Waals surface area contributed by atoms with Gasteiger partial charge in [-0.3, -0.25) is 4.79 Å². The number of aliphatic hydroxyl groups excluding tert-OH is 1. The molecule has 4 rings (SSSR count). The van der Waals surface area contributed by atoms with Crippen molar-refractivity contribution >= 4 is 22.9 Å². The third-order valence-corrected chi connectivity index (χ3v) is 5.86. The fourth-order valence-electron chi connectivity index (χ4n) is 3.44. The highest BCUT2D eigenvalue weighted by Crippen LogP contribution is 2.35. The number of anilines is 1. The Balaban J connectivity index is 1.72. The van der Waals surface area contributed by atoms with Crippen LogP contribution in [0.15, 0.2) is 24.3 Å². The van der Waals surface area contributed by atoms with E-state index in [4.69, 9.17) is 4.74 Å². The number of amides is 1. The van der Waals surface area contributed by atoms with Crippen LogP contribution in [-0.4, -0.2) is 30.8 Å². The van der Waals surface area contributed by atoms with Crippen LogP contribution in [0.25, 0.3) is 0 Å². The summed E-state index contributed by atoms with van der Waals surface area (Å²) in [6.07, 6.45) is 1.40. The van der Waals surface area contributed by atoms with Crippen molar-refractivity contribution in [2.45, 2.75) is 19.4 Å². The third kappa shape index (κ3) is 2.64. The van der Waals surface area contributed by atoms with E-state index >= 15 is 0 Å². The van der Waals surface area contributed by atoms with Gasteiger partial charge in [-0.2, -0.15) is 0 Å². The van der Waals surface area contributed by atoms with Gasteiger partial charge in [-0.05, 0) is 29.7 Å². The van der Waals surface area contributed by atoms with Crippen LogP contribution < -0.4 is 4.90 Å². The van der Waals surface area contributed by atoms with E-state index < -0.39 is 0 Å². The van der Waals surface area contributed by atoms with E-state index in [-0.39, 0.29) is 24.2 Å². The first kappa shape index (κ1) is 15.7. The molecule has 0 spiro atoms. The van der Waals surface area contributed by atoms with Crippen molar-refractivity contribution in [3.63, 3.8) is 0 Å². The number of carbonyl (C=O) groups is 1. The van der Waals surface area contributed by atoms with Crippen LogP contribution in [-0.2, 0) is 24.2 Å².